The second-order valence-corrected chi connectivity index (χ2v) is 5.02. The maximum Gasteiger partial charge on any atom is 0.357 e. The number of fused-ring (bicyclic) bond motifs is 1. The predicted octanol–water partition coefficient (Wildman–Crippen LogP) is 2.80. The van der Waals surface area contributed by atoms with Crippen LogP contribution in [0.25, 0.3) is 10.9 Å². The van der Waals surface area contributed by atoms with Crippen LogP contribution in [-0.2, 0) is 6.54 Å². The molecule has 0 aliphatic carbocycles. The van der Waals surface area contributed by atoms with Crippen molar-refractivity contribution in [3.8, 4) is 11.5 Å². The highest BCUT2D eigenvalue weighted by molar-refractivity contribution is 6.01. The van der Waals surface area contributed by atoms with Gasteiger partial charge in [0.15, 0.2) is 17.2 Å². The summed E-state index contributed by atoms with van der Waals surface area (Å²) in [6, 6.07) is 12.9. The smallest absolute Gasteiger partial charge is 0.357 e. The molecular formula is C17H16N2O4. The number of hydrogen-bond acceptors (Lipinski definition) is 4. The van der Waals surface area contributed by atoms with E-state index in [0.29, 0.717) is 23.4 Å². The Bertz CT molecular complexity index is 870. The molecule has 0 spiro atoms. The molecule has 1 aromatic heterocycles. The summed E-state index contributed by atoms with van der Waals surface area (Å²) in [5, 5.41) is 14.2. The fourth-order valence-corrected chi connectivity index (χ4v) is 2.56. The molecule has 0 atom stereocenters. The van der Waals surface area contributed by atoms with Crippen LogP contribution in [0, 0.1) is 0 Å². The molecule has 6 heteroatoms. The molecule has 0 unspecified atom stereocenters. The number of carboxylic acid groups (broad SMARTS) is 1. The minimum Gasteiger partial charge on any atom is -0.493 e. The quantitative estimate of drug-likeness (QED) is 0.784. The average molecular weight is 312 g/mol. The molecule has 0 aliphatic rings. The minimum atomic E-state index is -1.03. The first-order valence-corrected chi connectivity index (χ1v) is 7.03. The molecule has 0 amide bonds. The van der Waals surface area contributed by atoms with Crippen molar-refractivity contribution < 1.29 is 19.4 Å². The number of carbonyl (C=O) groups is 1. The van der Waals surface area contributed by atoms with Crippen LogP contribution in [0.15, 0.2) is 42.5 Å². The Morgan fingerprint density at radius 1 is 1.13 bits per heavy atom. The number of aromatic carboxylic acids is 1. The number of nitrogens with zero attached hydrogens (tertiary/aromatic N) is 2. The van der Waals surface area contributed by atoms with E-state index in [0.717, 1.165) is 11.1 Å². The zero-order valence-corrected chi connectivity index (χ0v) is 12.8. The Hall–Kier alpha value is -3.02. The molecular weight excluding hydrogens is 296 g/mol. The van der Waals surface area contributed by atoms with Crippen LogP contribution in [-0.4, -0.2) is 35.1 Å². The molecule has 23 heavy (non-hydrogen) atoms. The van der Waals surface area contributed by atoms with Gasteiger partial charge in [0.25, 0.3) is 0 Å². The van der Waals surface area contributed by atoms with Crippen molar-refractivity contribution >= 4 is 16.9 Å². The third-order valence-corrected chi connectivity index (χ3v) is 3.64. The highest BCUT2D eigenvalue weighted by atomic mass is 16.5. The van der Waals surface area contributed by atoms with Crippen LogP contribution in [0.5, 0.6) is 11.5 Å². The van der Waals surface area contributed by atoms with Gasteiger partial charge in [-0.25, -0.2) is 4.79 Å². The van der Waals surface area contributed by atoms with Crippen LogP contribution in [0.4, 0.5) is 0 Å². The summed E-state index contributed by atoms with van der Waals surface area (Å²) in [4.78, 5) is 11.4. The third-order valence-electron chi connectivity index (χ3n) is 3.64. The van der Waals surface area contributed by atoms with Crippen LogP contribution in [0.3, 0.4) is 0 Å². The van der Waals surface area contributed by atoms with Gasteiger partial charge >= 0.3 is 5.97 Å². The molecule has 0 fully saturated rings. The van der Waals surface area contributed by atoms with Crippen molar-refractivity contribution in [2.45, 2.75) is 6.54 Å². The van der Waals surface area contributed by atoms with Crippen molar-refractivity contribution in [2.24, 2.45) is 0 Å². The molecule has 1 N–H and O–H groups in total. The van der Waals surface area contributed by atoms with E-state index in [1.54, 1.807) is 31.0 Å². The average Bonchev–Trinajstić information content (AvgIpc) is 2.94. The first-order valence-electron chi connectivity index (χ1n) is 7.03. The first kappa shape index (κ1) is 14.9. The number of rotatable bonds is 5. The van der Waals surface area contributed by atoms with Gasteiger partial charge in [0.05, 0.1) is 26.3 Å². The van der Waals surface area contributed by atoms with E-state index in [9.17, 15) is 9.90 Å². The molecule has 6 nitrogen and oxygen atoms in total. The van der Waals surface area contributed by atoms with Gasteiger partial charge in [0, 0.05) is 5.39 Å². The Balaban J connectivity index is 2.03. The van der Waals surface area contributed by atoms with Gasteiger partial charge in [-0.3, -0.25) is 4.68 Å². The van der Waals surface area contributed by atoms with Gasteiger partial charge in [-0.05, 0) is 23.8 Å². The van der Waals surface area contributed by atoms with Gasteiger partial charge in [-0.15, -0.1) is 0 Å². The molecule has 1 heterocycles. The standard InChI is InChI=1S/C17H16N2O4/c1-22-14-8-7-11(9-15(14)23-2)10-19-13-6-4-3-5-12(13)16(18-19)17(20)21/h3-9H,10H2,1-2H3,(H,20,21). The van der Waals surface area contributed by atoms with Gasteiger partial charge in [0.2, 0.25) is 0 Å². The van der Waals surface area contributed by atoms with E-state index in [2.05, 4.69) is 5.10 Å². The summed E-state index contributed by atoms with van der Waals surface area (Å²) in [7, 11) is 3.16. The van der Waals surface area contributed by atoms with Crippen LogP contribution < -0.4 is 9.47 Å². The Kier molecular flexibility index (Phi) is 3.89. The van der Waals surface area contributed by atoms with E-state index >= 15 is 0 Å². The molecule has 0 radical (unpaired) electrons. The zero-order chi connectivity index (χ0) is 16.4. The lowest BCUT2D eigenvalue weighted by Gasteiger charge is -2.10. The minimum absolute atomic E-state index is 0.0566. The molecule has 0 saturated carbocycles. The van der Waals surface area contributed by atoms with E-state index in [-0.39, 0.29) is 5.69 Å². The van der Waals surface area contributed by atoms with Crippen LogP contribution in [0.2, 0.25) is 0 Å². The lowest BCUT2D eigenvalue weighted by molar-refractivity contribution is 0.0691. The molecule has 0 saturated heterocycles. The van der Waals surface area contributed by atoms with Crippen molar-refractivity contribution in [3.63, 3.8) is 0 Å². The van der Waals surface area contributed by atoms with E-state index in [1.165, 1.54) is 0 Å². The summed E-state index contributed by atoms with van der Waals surface area (Å²) in [6.07, 6.45) is 0. The number of carboxylic acids is 1. The fourth-order valence-electron chi connectivity index (χ4n) is 2.56. The predicted molar refractivity (Wildman–Crippen MR) is 85.3 cm³/mol. The molecule has 118 valence electrons. The van der Waals surface area contributed by atoms with Gasteiger partial charge in [0.1, 0.15) is 0 Å². The highest BCUT2D eigenvalue weighted by Gasteiger charge is 2.16. The van der Waals surface area contributed by atoms with Crippen molar-refractivity contribution in [2.75, 3.05) is 14.2 Å². The number of methoxy groups -OCH3 is 2. The Morgan fingerprint density at radius 3 is 2.57 bits per heavy atom. The number of aromatic nitrogens is 2. The van der Waals surface area contributed by atoms with Crippen molar-refractivity contribution in [3.05, 3.63) is 53.7 Å². The maximum absolute atomic E-state index is 11.4. The van der Waals surface area contributed by atoms with E-state index in [1.807, 2.05) is 30.3 Å². The largest absolute Gasteiger partial charge is 0.493 e. The van der Waals surface area contributed by atoms with Gasteiger partial charge in [-0.2, -0.15) is 5.10 Å². The van der Waals surface area contributed by atoms with Gasteiger partial charge < -0.3 is 14.6 Å². The summed E-state index contributed by atoms with van der Waals surface area (Å²) in [5.74, 6) is 0.236. The Labute approximate surface area is 132 Å². The molecule has 0 aliphatic heterocycles. The summed E-state index contributed by atoms with van der Waals surface area (Å²) in [6.45, 7) is 0.439. The second kappa shape index (κ2) is 6.00. The zero-order valence-electron chi connectivity index (χ0n) is 12.8. The summed E-state index contributed by atoms with van der Waals surface area (Å²) in [5.41, 5.74) is 1.77. The van der Waals surface area contributed by atoms with Crippen LogP contribution >= 0.6 is 0 Å². The normalized spacial score (nSPS) is 10.7. The monoisotopic (exact) mass is 312 g/mol. The fraction of sp³-hybridized carbons (Fsp3) is 0.176. The molecule has 2 aromatic carbocycles. The topological polar surface area (TPSA) is 73.6 Å². The SMILES string of the molecule is COc1ccc(Cn2nc(C(=O)O)c3ccccc32)cc1OC. The Morgan fingerprint density at radius 2 is 1.87 bits per heavy atom. The molecule has 3 aromatic rings. The van der Waals surface area contributed by atoms with Gasteiger partial charge in [-0.1, -0.05) is 24.3 Å². The summed E-state index contributed by atoms with van der Waals surface area (Å²) >= 11 is 0. The van der Waals surface area contributed by atoms with Crippen molar-refractivity contribution in [1.82, 2.24) is 9.78 Å². The third kappa shape index (κ3) is 2.70. The van der Waals surface area contributed by atoms with Crippen molar-refractivity contribution in [1.29, 1.82) is 0 Å². The number of benzene rings is 2. The maximum atomic E-state index is 11.4. The number of para-hydroxylation sites is 1. The summed E-state index contributed by atoms with van der Waals surface area (Å²) < 4.78 is 12.2. The lowest BCUT2D eigenvalue weighted by Crippen LogP contribution is -2.05. The highest BCUT2D eigenvalue weighted by Crippen LogP contribution is 2.28. The molecule has 0 bridgehead atoms. The second-order valence-electron chi connectivity index (χ2n) is 5.02. The lowest BCUT2D eigenvalue weighted by atomic mass is 10.2. The van der Waals surface area contributed by atoms with E-state index in [4.69, 9.17) is 9.47 Å². The number of ether oxygens (including phenoxy) is 2. The molecule has 3 rings (SSSR count). The first-order chi connectivity index (χ1) is 11.1. The van der Waals surface area contributed by atoms with E-state index < -0.39 is 5.97 Å². The van der Waals surface area contributed by atoms with Crippen LogP contribution in [0.1, 0.15) is 16.1 Å². The number of hydrogen-bond donors (Lipinski definition) is 1.